The molecule has 7 heteroatoms. The fourth-order valence-electron chi connectivity index (χ4n) is 5.44. The number of likely N-dealkylation sites (tertiary alicyclic amines) is 1. The monoisotopic (exact) mass is 447 g/mol. The highest BCUT2D eigenvalue weighted by Crippen LogP contribution is 2.38. The predicted molar refractivity (Wildman–Crippen MR) is 122 cm³/mol. The van der Waals surface area contributed by atoms with Crippen LogP contribution >= 0.6 is 0 Å². The standard InChI is InChI=1S/C24H37N3O3S/c1-18(23(28)26-16-19-6-5-7-20(19)17-26)25-12-14-27(15-13-25)31(29,30)22-10-8-21(9-11-22)24(2,3)4/h8-11,18-20H,5-7,12-17H2,1-4H3/t18?,19-,20+. The molecule has 1 aromatic rings. The van der Waals surface area contributed by atoms with Crippen molar-refractivity contribution in [3.05, 3.63) is 29.8 Å². The molecule has 4 rings (SSSR count). The molecule has 3 atom stereocenters. The number of amides is 1. The van der Waals surface area contributed by atoms with Crippen molar-refractivity contribution in [3.63, 3.8) is 0 Å². The summed E-state index contributed by atoms with van der Waals surface area (Å²) in [6.45, 7) is 12.2. The van der Waals surface area contributed by atoms with Crippen LogP contribution in [0, 0.1) is 11.8 Å². The molecular weight excluding hydrogens is 410 g/mol. The second-order valence-electron chi connectivity index (χ2n) is 10.6. The van der Waals surface area contributed by atoms with E-state index < -0.39 is 10.0 Å². The molecule has 0 bridgehead atoms. The Bertz CT molecular complexity index is 887. The number of benzene rings is 1. The molecule has 0 N–H and O–H groups in total. The summed E-state index contributed by atoms with van der Waals surface area (Å²) < 4.78 is 27.8. The summed E-state index contributed by atoms with van der Waals surface area (Å²) in [6.07, 6.45) is 3.83. The van der Waals surface area contributed by atoms with Gasteiger partial charge in [-0.15, -0.1) is 0 Å². The third-order valence-corrected chi connectivity index (χ3v) is 9.49. The van der Waals surface area contributed by atoms with Crippen LogP contribution in [0.5, 0.6) is 0 Å². The van der Waals surface area contributed by atoms with E-state index in [1.807, 2.05) is 19.1 Å². The highest BCUT2D eigenvalue weighted by atomic mass is 32.2. The second kappa shape index (κ2) is 8.49. The Hall–Kier alpha value is -1.44. The molecule has 3 aliphatic rings. The van der Waals surface area contributed by atoms with Crippen LogP contribution in [0.2, 0.25) is 0 Å². The van der Waals surface area contributed by atoms with Gasteiger partial charge in [-0.25, -0.2) is 8.42 Å². The minimum absolute atomic E-state index is 0.00934. The van der Waals surface area contributed by atoms with Crippen LogP contribution in [-0.4, -0.2) is 73.7 Å². The van der Waals surface area contributed by atoms with Crippen LogP contribution in [0.15, 0.2) is 29.2 Å². The van der Waals surface area contributed by atoms with Crippen LogP contribution < -0.4 is 0 Å². The van der Waals surface area contributed by atoms with E-state index in [4.69, 9.17) is 0 Å². The number of carbonyl (C=O) groups is 1. The van der Waals surface area contributed by atoms with E-state index in [1.165, 1.54) is 19.3 Å². The van der Waals surface area contributed by atoms with Gasteiger partial charge >= 0.3 is 0 Å². The zero-order valence-corrected chi connectivity index (χ0v) is 20.2. The van der Waals surface area contributed by atoms with Crippen molar-refractivity contribution < 1.29 is 13.2 Å². The molecule has 1 aliphatic carbocycles. The zero-order valence-electron chi connectivity index (χ0n) is 19.4. The van der Waals surface area contributed by atoms with Crippen molar-refractivity contribution in [1.82, 2.24) is 14.1 Å². The fourth-order valence-corrected chi connectivity index (χ4v) is 6.86. The summed E-state index contributed by atoms with van der Waals surface area (Å²) in [5, 5.41) is 0. The fraction of sp³-hybridized carbons (Fsp3) is 0.708. The van der Waals surface area contributed by atoms with E-state index in [1.54, 1.807) is 16.4 Å². The lowest BCUT2D eigenvalue weighted by Gasteiger charge is -2.38. The summed E-state index contributed by atoms with van der Waals surface area (Å²) in [7, 11) is -3.51. The van der Waals surface area contributed by atoms with Crippen LogP contribution in [0.4, 0.5) is 0 Å². The first-order valence-corrected chi connectivity index (χ1v) is 13.1. The molecule has 3 fully saturated rings. The maximum Gasteiger partial charge on any atom is 0.243 e. The van der Waals surface area contributed by atoms with Gasteiger partial charge in [0.1, 0.15) is 0 Å². The lowest BCUT2D eigenvalue weighted by atomic mass is 9.87. The van der Waals surface area contributed by atoms with Crippen molar-refractivity contribution in [3.8, 4) is 0 Å². The van der Waals surface area contributed by atoms with E-state index in [-0.39, 0.29) is 17.4 Å². The van der Waals surface area contributed by atoms with Crippen molar-refractivity contribution in [2.75, 3.05) is 39.3 Å². The SMILES string of the molecule is CC(C(=O)N1C[C@H]2CCC[C@H]2C1)N1CCN(S(=O)(=O)c2ccc(C(C)(C)C)cc2)CC1. The Morgan fingerprint density at radius 3 is 2.03 bits per heavy atom. The molecule has 1 amide bonds. The van der Waals surface area contributed by atoms with Gasteiger partial charge in [0.25, 0.3) is 0 Å². The molecule has 172 valence electrons. The number of nitrogens with zero attached hydrogens (tertiary/aromatic N) is 3. The number of hydrogen-bond acceptors (Lipinski definition) is 4. The molecule has 2 heterocycles. The van der Waals surface area contributed by atoms with Crippen molar-refractivity contribution in [2.45, 2.75) is 63.3 Å². The minimum atomic E-state index is -3.51. The average Bonchev–Trinajstić information content (AvgIpc) is 3.34. The topological polar surface area (TPSA) is 60.9 Å². The van der Waals surface area contributed by atoms with Crippen LogP contribution in [0.3, 0.4) is 0 Å². The van der Waals surface area contributed by atoms with E-state index in [0.717, 1.165) is 18.7 Å². The molecule has 2 aliphatic heterocycles. The average molecular weight is 448 g/mol. The summed E-state index contributed by atoms with van der Waals surface area (Å²) in [5.41, 5.74) is 1.11. The third kappa shape index (κ3) is 4.55. The number of hydrogen-bond donors (Lipinski definition) is 0. The molecule has 1 unspecified atom stereocenters. The quantitative estimate of drug-likeness (QED) is 0.712. The minimum Gasteiger partial charge on any atom is -0.341 e. The van der Waals surface area contributed by atoms with E-state index in [2.05, 4.69) is 30.6 Å². The molecule has 0 radical (unpaired) electrons. The Labute approximate surface area is 187 Å². The molecule has 1 aromatic carbocycles. The zero-order chi connectivity index (χ0) is 22.4. The molecule has 6 nitrogen and oxygen atoms in total. The van der Waals surface area contributed by atoms with Gasteiger partial charge in [0.05, 0.1) is 10.9 Å². The molecule has 1 saturated carbocycles. The number of rotatable bonds is 4. The maximum atomic E-state index is 13.1. The van der Waals surface area contributed by atoms with Gasteiger partial charge in [0.15, 0.2) is 0 Å². The third-order valence-electron chi connectivity index (χ3n) is 7.57. The first-order chi connectivity index (χ1) is 14.6. The van der Waals surface area contributed by atoms with Crippen molar-refractivity contribution in [2.24, 2.45) is 11.8 Å². The number of sulfonamides is 1. The van der Waals surface area contributed by atoms with Crippen molar-refractivity contribution >= 4 is 15.9 Å². The predicted octanol–water partition coefficient (Wildman–Crippen LogP) is 2.94. The Balaban J connectivity index is 1.35. The summed E-state index contributed by atoms with van der Waals surface area (Å²) in [6, 6.07) is 7.08. The molecule has 0 spiro atoms. The smallest absolute Gasteiger partial charge is 0.243 e. The van der Waals surface area contributed by atoms with Gasteiger partial charge in [-0.05, 0) is 54.7 Å². The van der Waals surface area contributed by atoms with Crippen molar-refractivity contribution in [1.29, 1.82) is 0 Å². The van der Waals surface area contributed by atoms with Crippen LogP contribution in [0.1, 0.15) is 52.5 Å². The normalized spacial score (nSPS) is 26.8. The van der Waals surface area contributed by atoms with E-state index in [9.17, 15) is 13.2 Å². The van der Waals surface area contributed by atoms with Gasteiger partial charge in [-0.2, -0.15) is 4.31 Å². The number of fused-ring (bicyclic) bond motifs is 1. The first kappa shape index (κ1) is 22.7. The molecular formula is C24H37N3O3S. The number of carbonyl (C=O) groups excluding carboxylic acids is 1. The van der Waals surface area contributed by atoms with Gasteiger partial charge in [-0.1, -0.05) is 39.3 Å². The highest BCUT2D eigenvalue weighted by molar-refractivity contribution is 7.89. The van der Waals surface area contributed by atoms with Gasteiger partial charge < -0.3 is 4.90 Å². The van der Waals surface area contributed by atoms with Gasteiger partial charge in [0, 0.05) is 39.3 Å². The van der Waals surface area contributed by atoms with Crippen LogP contribution in [0.25, 0.3) is 0 Å². The lowest BCUT2D eigenvalue weighted by Crippen LogP contribution is -2.55. The second-order valence-corrected chi connectivity index (χ2v) is 12.5. The largest absolute Gasteiger partial charge is 0.341 e. The lowest BCUT2D eigenvalue weighted by molar-refractivity contribution is -0.136. The Kier molecular flexibility index (Phi) is 6.23. The van der Waals surface area contributed by atoms with Crippen LogP contribution in [-0.2, 0) is 20.2 Å². The summed E-state index contributed by atoms with van der Waals surface area (Å²) >= 11 is 0. The first-order valence-electron chi connectivity index (χ1n) is 11.7. The van der Waals surface area contributed by atoms with Gasteiger partial charge in [-0.3, -0.25) is 9.69 Å². The van der Waals surface area contributed by atoms with E-state index >= 15 is 0 Å². The highest BCUT2D eigenvalue weighted by Gasteiger charge is 2.40. The summed E-state index contributed by atoms with van der Waals surface area (Å²) in [5.74, 6) is 1.61. The Morgan fingerprint density at radius 1 is 0.968 bits per heavy atom. The molecule has 0 aromatic heterocycles. The van der Waals surface area contributed by atoms with Gasteiger partial charge in [0.2, 0.25) is 15.9 Å². The van der Waals surface area contributed by atoms with E-state index in [0.29, 0.717) is 42.9 Å². The maximum absolute atomic E-state index is 13.1. The Morgan fingerprint density at radius 2 is 1.52 bits per heavy atom. The number of piperazine rings is 1. The summed E-state index contributed by atoms with van der Waals surface area (Å²) in [4.78, 5) is 17.6. The molecule has 2 saturated heterocycles. The molecule has 31 heavy (non-hydrogen) atoms.